The van der Waals surface area contributed by atoms with Crippen LogP contribution in [0.5, 0.6) is 0 Å². The zero-order valence-corrected chi connectivity index (χ0v) is 15.1. The second-order valence-corrected chi connectivity index (χ2v) is 7.02. The summed E-state index contributed by atoms with van der Waals surface area (Å²) in [5.41, 5.74) is 6.60. The van der Waals surface area contributed by atoms with Gasteiger partial charge in [0.15, 0.2) is 0 Å². The van der Waals surface area contributed by atoms with Crippen LogP contribution in [-0.2, 0) is 21.5 Å². The Morgan fingerprint density at radius 2 is 2.07 bits per heavy atom. The minimum Gasteiger partial charge on any atom is -0.368 e. The van der Waals surface area contributed by atoms with Crippen molar-refractivity contribution in [3.8, 4) is 0 Å². The van der Waals surface area contributed by atoms with Gasteiger partial charge in [-0.1, -0.05) is 18.2 Å². The number of carbonyl (C=O) groups excluding carboxylic acids is 3. The Balaban J connectivity index is 1.65. The normalized spacial score (nSPS) is 21.1. The molecule has 1 saturated heterocycles. The van der Waals surface area contributed by atoms with Gasteiger partial charge in [-0.2, -0.15) is 5.10 Å². The predicted molar refractivity (Wildman–Crippen MR) is 98.1 cm³/mol. The molecule has 2 aliphatic heterocycles. The molecule has 3 amide bonds. The van der Waals surface area contributed by atoms with Crippen LogP contribution in [-0.4, -0.2) is 52.0 Å². The van der Waals surface area contributed by atoms with Crippen LogP contribution >= 0.6 is 0 Å². The van der Waals surface area contributed by atoms with E-state index in [-0.39, 0.29) is 24.9 Å². The molecule has 2 aliphatic rings. The lowest BCUT2D eigenvalue weighted by molar-refractivity contribution is -0.125. The number of rotatable bonds is 4. The van der Waals surface area contributed by atoms with E-state index >= 15 is 0 Å². The van der Waals surface area contributed by atoms with E-state index in [0.29, 0.717) is 30.8 Å². The summed E-state index contributed by atoms with van der Waals surface area (Å²) in [6, 6.07) is 7.42. The summed E-state index contributed by atoms with van der Waals surface area (Å²) < 4.78 is 1.70. The maximum absolute atomic E-state index is 13.2. The Bertz CT molecular complexity index is 937. The minimum atomic E-state index is -0.817. The molecule has 27 heavy (non-hydrogen) atoms. The first-order valence-corrected chi connectivity index (χ1v) is 8.98. The van der Waals surface area contributed by atoms with Crippen LogP contribution in [0, 0.1) is 0 Å². The largest absolute Gasteiger partial charge is 0.368 e. The monoisotopic (exact) mass is 367 g/mol. The summed E-state index contributed by atoms with van der Waals surface area (Å²) >= 11 is 0. The number of hydrogen-bond donors (Lipinski definition) is 1. The van der Waals surface area contributed by atoms with Crippen LogP contribution in [0.2, 0.25) is 0 Å². The molecule has 3 heterocycles. The van der Waals surface area contributed by atoms with E-state index in [1.54, 1.807) is 22.0 Å². The van der Waals surface area contributed by atoms with Crippen molar-refractivity contribution in [2.24, 2.45) is 5.73 Å². The summed E-state index contributed by atoms with van der Waals surface area (Å²) in [6.07, 6.45) is 3.80. The first-order chi connectivity index (χ1) is 13.0. The lowest BCUT2D eigenvalue weighted by Crippen LogP contribution is -2.45. The molecule has 2 aromatic rings. The van der Waals surface area contributed by atoms with Gasteiger partial charge in [0.2, 0.25) is 11.8 Å². The molecule has 8 heteroatoms. The Hall–Kier alpha value is -3.16. The highest BCUT2D eigenvalue weighted by molar-refractivity contribution is 6.11. The number of benzene rings is 1. The van der Waals surface area contributed by atoms with E-state index in [9.17, 15) is 14.4 Å². The van der Waals surface area contributed by atoms with Gasteiger partial charge in [0.1, 0.15) is 6.54 Å². The highest BCUT2D eigenvalue weighted by Crippen LogP contribution is 2.47. The Labute approximate surface area is 156 Å². The summed E-state index contributed by atoms with van der Waals surface area (Å²) in [5.74, 6) is -0.861. The topological polar surface area (TPSA) is 102 Å². The number of para-hydroxylation sites is 1. The molecule has 0 unspecified atom stereocenters. The van der Waals surface area contributed by atoms with Crippen molar-refractivity contribution in [3.05, 3.63) is 47.8 Å². The zero-order chi connectivity index (χ0) is 19.2. The molecule has 1 atom stereocenters. The Morgan fingerprint density at radius 1 is 1.30 bits per heavy atom. The minimum absolute atomic E-state index is 0.134. The van der Waals surface area contributed by atoms with Gasteiger partial charge in [-0.15, -0.1) is 0 Å². The fourth-order valence-electron chi connectivity index (χ4n) is 4.12. The van der Waals surface area contributed by atoms with Crippen LogP contribution < -0.4 is 10.6 Å². The third-order valence-corrected chi connectivity index (χ3v) is 5.44. The number of fused-ring (bicyclic) bond motifs is 2. The van der Waals surface area contributed by atoms with Gasteiger partial charge >= 0.3 is 0 Å². The van der Waals surface area contributed by atoms with Gasteiger partial charge in [-0.25, -0.2) is 0 Å². The number of aromatic nitrogens is 2. The quantitative estimate of drug-likeness (QED) is 0.851. The number of likely N-dealkylation sites (tertiary alicyclic amines) is 1. The van der Waals surface area contributed by atoms with Gasteiger partial charge in [0.05, 0.1) is 17.2 Å². The maximum atomic E-state index is 13.2. The molecule has 1 aromatic carbocycles. The highest BCUT2D eigenvalue weighted by atomic mass is 16.2. The molecule has 140 valence electrons. The van der Waals surface area contributed by atoms with Crippen molar-refractivity contribution in [3.63, 3.8) is 0 Å². The average Bonchev–Trinajstić information content (AvgIpc) is 3.37. The Kier molecular flexibility index (Phi) is 3.98. The first-order valence-electron chi connectivity index (χ1n) is 8.98. The standard InChI is InChI=1S/C19H21N5O3/c1-2-23-10-13(9-21-23)17(26)22-8-7-19(12-22)14-5-3-4-6-15(14)24(18(19)27)11-16(20)25/h3-6,9-10H,2,7-8,11-12H2,1H3,(H2,20,25)/t19-/m1/s1. The number of hydrogen-bond acceptors (Lipinski definition) is 4. The molecule has 1 aromatic heterocycles. The summed E-state index contributed by atoms with van der Waals surface area (Å²) in [4.78, 5) is 40.7. The second-order valence-electron chi connectivity index (χ2n) is 7.02. The van der Waals surface area contributed by atoms with Crippen LogP contribution in [0.3, 0.4) is 0 Å². The molecule has 0 aliphatic carbocycles. The molecular weight excluding hydrogens is 346 g/mol. The van der Waals surface area contributed by atoms with Crippen molar-refractivity contribution in [1.82, 2.24) is 14.7 Å². The second kappa shape index (κ2) is 6.22. The number of primary amides is 1. The van der Waals surface area contributed by atoms with Crippen LogP contribution in [0.4, 0.5) is 5.69 Å². The van der Waals surface area contributed by atoms with Crippen LogP contribution in [0.25, 0.3) is 0 Å². The first kappa shape index (κ1) is 17.3. The summed E-state index contributed by atoms with van der Waals surface area (Å²) in [5, 5.41) is 4.15. The number of carbonyl (C=O) groups is 3. The molecular formula is C19H21N5O3. The number of nitrogens with two attached hydrogens (primary N) is 1. The summed E-state index contributed by atoms with van der Waals surface area (Å²) in [7, 11) is 0. The van der Waals surface area contributed by atoms with Crippen molar-refractivity contribution in [2.75, 3.05) is 24.5 Å². The molecule has 1 fully saturated rings. The third kappa shape index (κ3) is 2.59. The molecule has 1 spiro atoms. The SMILES string of the molecule is CCn1cc(C(=O)N2CC[C@]3(C2)C(=O)N(CC(N)=O)c2ccccc23)cn1. The van der Waals surface area contributed by atoms with E-state index in [0.717, 1.165) is 5.56 Å². The Morgan fingerprint density at radius 3 is 2.78 bits per heavy atom. The van der Waals surface area contributed by atoms with Crippen molar-refractivity contribution in [1.29, 1.82) is 0 Å². The van der Waals surface area contributed by atoms with Crippen LogP contribution in [0.1, 0.15) is 29.3 Å². The molecule has 0 radical (unpaired) electrons. The van der Waals surface area contributed by atoms with E-state index in [1.165, 1.54) is 4.90 Å². The molecule has 8 nitrogen and oxygen atoms in total. The fraction of sp³-hybridized carbons (Fsp3) is 0.368. The lowest BCUT2D eigenvalue weighted by Gasteiger charge is -2.24. The molecule has 4 rings (SSSR count). The van der Waals surface area contributed by atoms with E-state index < -0.39 is 11.3 Å². The lowest BCUT2D eigenvalue weighted by atomic mass is 9.81. The van der Waals surface area contributed by atoms with Gasteiger partial charge in [-0.05, 0) is 25.0 Å². The molecule has 0 bridgehead atoms. The van der Waals surface area contributed by atoms with Crippen LogP contribution in [0.15, 0.2) is 36.7 Å². The smallest absolute Gasteiger partial charge is 0.257 e. The summed E-state index contributed by atoms with van der Waals surface area (Å²) in [6.45, 7) is 3.24. The third-order valence-electron chi connectivity index (χ3n) is 5.44. The molecule has 0 saturated carbocycles. The van der Waals surface area contributed by atoms with Crippen molar-refractivity contribution >= 4 is 23.4 Å². The van der Waals surface area contributed by atoms with E-state index in [2.05, 4.69) is 5.10 Å². The van der Waals surface area contributed by atoms with E-state index in [1.807, 2.05) is 31.2 Å². The number of amides is 3. The predicted octanol–water partition coefficient (Wildman–Crippen LogP) is 0.519. The number of anilines is 1. The zero-order valence-electron chi connectivity index (χ0n) is 15.1. The van der Waals surface area contributed by atoms with Gasteiger partial charge in [0.25, 0.3) is 5.91 Å². The van der Waals surface area contributed by atoms with E-state index in [4.69, 9.17) is 5.73 Å². The highest BCUT2D eigenvalue weighted by Gasteiger charge is 2.55. The average molecular weight is 367 g/mol. The maximum Gasteiger partial charge on any atom is 0.257 e. The number of nitrogens with zero attached hydrogens (tertiary/aromatic N) is 4. The fourth-order valence-corrected chi connectivity index (χ4v) is 4.12. The van der Waals surface area contributed by atoms with Gasteiger partial charge < -0.3 is 15.5 Å². The van der Waals surface area contributed by atoms with Crippen molar-refractivity contribution < 1.29 is 14.4 Å². The van der Waals surface area contributed by atoms with Gasteiger partial charge in [-0.3, -0.25) is 19.1 Å². The van der Waals surface area contributed by atoms with Gasteiger partial charge in [0, 0.05) is 31.5 Å². The molecule has 2 N–H and O–H groups in total. The number of aryl methyl sites for hydroxylation is 1. The van der Waals surface area contributed by atoms with Crippen molar-refractivity contribution in [2.45, 2.75) is 25.3 Å².